The number of rotatable bonds is 4. The normalized spacial score (nSPS) is 10.3. The Kier molecular flexibility index (Phi) is 4.34. The first-order valence-electron chi connectivity index (χ1n) is 6.08. The number of benzene rings is 1. The van der Waals surface area contributed by atoms with Crippen LogP contribution in [0.25, 0.3) is 0 Å². The van der Waals surface area contributed by atoms with E-state index in [0.717, 1.165) is 21.5 Å². The molecule has 0 saturated heterocycles. The number of anilines is 1. The summed E-state index contributed by atoms with van der Waals surface area (Å²) in [6, 6.07) is 8.76. The number of aromatic nitrogens is 1. The summed E-state index contributed by atoms with van der Waals surface area (Å²) in [6.45, 7) is 4.21. The molecule has 0 atom stereocenters. The molecule has 0 saturated carbocycles. The fourth-order valence-corrected chi connectivity index (χ4v) is 2.35. The predicted molar refractivity (Wildman–Crippen MR) is 81.8 cm³/mol. The van der Waals surface area contributed by atoms with E-state index < -0.39 is 0 Å². The number of hydrogen-bond acceptors (Lipinski definition) is 4. The van der Waals surface area contributed by atoms with Gasteiger partial charge in [0.15, 0.2) is 0 Å². The molecule has 5 nitrogen and oxygen atoms in total. The number of pyridine rings is 1. The first kappa shape index (κ1) is 14.5. The summed E-state index contributed by atoms with van der Waals surface area (Å²) < 4.78 is 0.818. The van der Waals surface area contributed by atoms with Crippen molar-refractivity contribution in [1.29, 1.82) is 0 Å². The molecule has 0 amide bonds. The second kappa shape index (κ2) is 6.00. The molecule has 1 N–H and O–H groups in total. The molecule has 2 aromatic rings. The van der Waals surface area contributed by atoms with E-state index in [1.54, 1.807) is 12.1 Å². The largest absolute Gasteiger partial charge is 0.379 e. The maximum absolute atomic E-state index is 11.0. The zero-order chi connectivity index (χ0) is 14.7. The number of nitrogens with zero attached hydrogens (tertiary/aromatic N) is 2. The summed E-state index contributed by atoms with van der Waals surface area (Å²) in [5, 5.41) is 14.2. The highest BCUT2D eigenvalue weighted by Crippen LogP contribution is 2.24. The minimum atomic E-state index is -0.371. The molecule has 1 aromatic heterocycles. The number of nitrogens with one attached hydrogen (secondary N) is 1. The van der Waals surface area contributed by atoms with Crippen LogP contribution in [-0.4, -0.2) is 9.91 Å². The summed E-state index contributed by atoms with van der Waals surface area (Å²) in [7, 11) is 0. The Morgan fingerprint density at radius 3 is 2.70 bits per heavy atom. The van der Waals surface area contributed by atoms with Crippen molar-refractivity contribution in [1.82, 2.24) is 4.98 Å². The topological polar surface area (TPSA) is 68.1 Å². The fourth-order valence-electron chi connectivity index (χ4n) is 1.94. The van der Waals surface area contributed by atoms with Crippen molar-refractivity contribution >= 4 is 27.3 Å². The van der Waals surface area contributed by atoms with E-state index in [0.29, 0.717) is 12.1 Å². The maximum atomic E-state index is 11.0. The van der Waals surface area contributed by atoms with Crippen molar-refractivity contribution in [3.63, 3.8) is 0 Å². The quantitative estimate of drug-likeness (QED) is 0.677. The van der Waals surface area contributed by atoms with Crippen molar-refractivity contribution in [2.24, 2.45) is 0 Å². The van der Waals surface area contributed by atoms with Gasteiger partial charge in [0, 0.05) is 28.3 Å². The van der Waals surface area contributed by atoms with E-state index in [1.165, 1.54) is 6.07 Å². The van der Waals surface area contributed by atoms with Gasteiger partial charge in [-0.25, -0.2) is 0 Å². The van der Waals surface area contributed by atoms with E-state index in [4.69, 9.17) is 0 Å². The van der Waals surface area contributed by atoms with Gasteiger partial charge in [-0.05, 0) is 38.1 Å². The SMILES string of the molecule is Cc1ccc(NCc2cc(Br)ccc2[N+](=O)[O-])c(C)n1. The van der Waals surface area contributed by atoms with Gasteiger partial charge in [-0.1, -0.05) is 15.9 Å². The Bertz CT molecular complexity index is 659. The molecule has 0 bridgehead atoms. The molecule has 0 unspecified atom stereocenters. The van der Waals surface area contributed by atoms with E-state index >= 15 is 0 Å². The van der Waals surface area contributed by atoms with Crippen LogP contribution < -0.4 is 5.32 Å². The van der Waals surface area contributed by atoms with Crippen molar-refractivity contribution < 1.29 is 4.92 Å². The number of hydrogen-bond donors (Lipinski definition) is 1. The van der Waals surface area contributed by atoms with Crippen LogP contribution in [0.3, 0.4) is 0 Å². The summed E-state index contributed by atoms with van der Waals surface area (Å²) in [6.07, 6.45) is 0. The minimum absolute atomic E-state index is 0.110. The molecule has 0 aliphatic carbocycles. The molecular formula is C14H14BrN3O2. The number of nitro groups is 1. The maximum Gasteiger partial charge on any atom is 0.274 e. The predicted octanol–water partition coefficient (Wildman–Crippen LogP) is 3.98. The average molecular weight is 336 g/mol. The first-order valence-corrected chi connectivity index (χ1v) is 6.87. The molecule has 0 aliphatic heterocycles. The monoisotopic (exact) mass is 335 g/mol. The molecule has 0 aliphatic rings. The van der Waals surface area contributed by atoms with Crippen LogP contribution >= 0.6 is 15.9 Å². The van der Waals surface area contributed by atoms with Gasteiger partial charge >= 0.3 is 0 Å². The van der Waals surface area contributed by atoms with Gasteiger partial charge in [0.05, 0.1) is 16.3 Å². The second-order valence-electron chi connectivity index (χ2n) is 4.47. The molecule has 2 rings (SSSR count). The molecule has 20 heavy (non-hydrogen) atoms. The van der Waals surface area contributed by atoms with E-state index in [1.807, 2.05) is 26.0 Å². The summed E-state index contributed by atoms with van der Waals surface area (Å²) in [5.41, 5.74) is 3.44. The van der Waals surface area contributed by atoms with Gasteiger partial charge in [0.2, 0.25) is 0 Å². The fraction of sp³-hybridized carbons (Fsp3) is 0.214. The van der Waals surface area contributed by atoms with Crippen LogP contribution in [0.4, 0.5) is 11.4 Å². The highest BCUT2D eigenvalue weighted by atomic mass is 79.9. The molecule has 0 fully saturated rings. The van der Waals surface area contributed by atoms with Crippen molar-refractivity contribution in [2.75, 3.05) is 5.32 Å². The van der Waals surface area contributed by atoms with Gasteiger partial charge in [-0.3, -0.25) is 15.1 Å². The Balaban J connectivity index is 2.22. The van der Waals surface area contributed by atoms with Gasteiger partial charge in [0.1, 0.15) is 0 Å². The zero-order valence-electron chi connectivity index (χ0n) is 11.2. The van der Waals surface area contributed by atoms with Gasteiger partial charge in [-0.2, -0.15) is 0 Å². The van der Waals surface area contributed by atoms with Gasteiger partial charge < -0.3 is 5.32 Å². The lowest BCUT2D eigenvalue weighted by atomic mass is 10.1. The Morgan fingerprint density at radius 1 is 1.30 bits per heavy atom. The molecule has 1 heterocycles. The Labute approximate surface area is 125 Å². The van der Waals surface area contributed by atoms with E-state index in [2.05, 4.69) is 26.2 Å². The third-order valence-corrected chi connectivity index (χ3v) is 3.43. The molecule has 0 radical (unpaired) electrons. The molecular weight excluding hydrogens is 322 g/mol. The van der Waals surface area contributed by atoms with Crippen LogP contribution in [-0.2, 0) is 6.54 Å². The van der Waals surface area contributed by atoms with Crippen LogP contribution in [0.2, 0.25) is 0 Å². The average Bonchev–Trinajstić information content (AvgIpc) is 2.37. The Hall–Kier alpha value is -1.95. The molecule has 0 spiro atoms. The number of halogens is 1. The molecule has 1 aromatic carbocycles. The third kappa shape index (κ3) is 3.33. The number of nitro benzene ring substituents is 1. The smallest absolute Gasteiger partial charge is 0.274 e. The van der Waals surface area contributed by atoms with Crippen LogP contribution in [0, 0.1) is 24.0 Å². The summed E-state index contributed by atoms with van der Waals surface area (Å²) in [5.74, 6) is 0. The first-order chi connectivity index (χ1) is 9.47. The highest BCUT2D eigenvalue weighted by Gasteiger charge is 2.13. The lowest BCUT2D eigenvalue weighted by molar-refractivity contribution is -0.385. The van der Waals surface area contributed by atoms with E-state index in [-0.39, 0.29) is 10.6 Å². The summed E-state index contributed by atoms with van der Waals surface area (Å²) in [4.78, 5) is 15.0. The molecule has 104 valence electrons. The van der Waals surface area contributed by atoms with Crippen LogP contribution in [0.5, 0.6) is 0 Å². The minimum Gasteiger partial charge on any atom is -0.379 e. The standard InChI is InChI=1S/C14H14BrN3O2/c1-9-3-5-13(10(2)17-9)16-8-11-7-12(15)4-6-14(11)18(19)20/h3-7,16H,8H2,1-2H3. The summed E-state index contributed by atoms with van der Waals surface area (Å²) >= 11 is 3.33. The second-order valence-corrected chi connectivity index (χ2v) is 5.38. The Morgan fingerprint density at radius 2 is 2.05 bits per heavy atom. The van der Waals surface area contributed by atoms with Crippen LogP contribution in [0.1, 0.15) is 17.0 Å². The third-order valence-electron chi connectivity index (χ3n) is 2.93. The zero-order valence-corrected chi connectivity index (χ0v) is 12.8. The highest BCUT2D eigenvalue weighted by molar-refractivity contribution is 9.10. The van der Waals surface area contributed by atoms with Gasteiger partial charge in [-0.15, -0.1) is 0 Å². The lowest BCUT2D eigenvalue weighted by Crippen LogP contribution is -2.05. The molecule has 6 heteroatoms. The van der Waals surface area contributed by atoms with Gasteiger partial charge in [0.25, 0.3) is 5.69 Å². The van der Waals surface area contributed by atoms with E-state index in [9.17, 15) is 10.1 Å². The number of aryl methyl sites for hydroxylation is 2. The lowest BCUT2D eigenvalue weighted by Gasteiger charge is -2.10. The van der Waals surface area contributed by atoms with Crippen molar-refractivity contribution in [2.45, 2.75) is 20.4 Å². The van der Waals surface area contributed by atoms with Crippen LogP contribution in [0.15, 0.2) is 34.8 Å². The van der Waals surface area contributed by atoms with Crippen molar-refractivity contribution in [3.05, 3.63) is 61.9 Å². The van der Waals surface area contributed by atoms with Crippen molar-refractivity contribution in [3.8, 4) is 0 Å².